The van der Waals surface area contributed by atoms with Crippen LogP contribution in [0.2, 0.25) is 0 Å². The average Bonchev–Trinajstić information content (AvgIpc) is 2.93. The number of pyridine rings is 1. The van der Waals surface area contributed by atoms with Crippen molar-refractivity contribution in [1.82, 2.24) is 9.88 Å². The highest BCUT2D eigenvalue weighted by atomic mass is 16.6. The van der Waals surface area contributed by atoms with E-state index in [1.54, 1.807) is 26.5 Å². The number of piperidine rings is 1. The number of nitro groups is 1. The van der Waals surface area contributed by atoms with E-state index in [4.69, 9.17) is 9.47 Å². The van der Waals surface area contributed by atoms with E-state index in [9.17, 15) is 10.1 Å². The van der Waals surface area contributed by atoms with Crippen molar-refractivity contribution in [3.63, 3.8) is 0 Å². The number of likely N-dealkylation sites (tertiary alicyclic amines) is 1. The van der Waals surface area contributed by atoms with Crippen molar-refractivity contribution in [1.29, 1.82) is 0 Å². The number of nitrogens with one attached hydrogen (secondary N) is 1. The van der Waals surface area contributed by atoms with Crippen LogP contribution < -0.4 is 19.7 Å². The highest BCUT2D eigenvalue weighted by molar-refractivity contribution is 5.74. The number of ether oxygens (including phenoxy) is 2. The number of anilines is 2. The van der Waals surface area contributed by atoms with Gasteiger partial charge in [0.2, 0.25) is 5.82 Å². The van der Waals surface area contributed by atoms with Crippen LogP contribution >= 0.6 is 0 Å². The third kappa shape index (κ3) is 7.17. The minimum atomic E-state index is -0.315. The molecule has 1 aliphatic rings. The maximum atomic E-state index is 12.5. The van der Waals surface area contributed by atoms with Gasteiger partial charge >= 0.3 is 5.69 Å². The molecule has 2 heterocycles. The third-order valence-electron chi connectivity index (χ3n) is 7.18. The molecule has 0 bridgehead atoms. The molecular formula is C30H39N5O4. The molecule has 4 rings (SSSR count). The molecule has 1 aliphatic heterocycles. The Balaban J connectivity index is 1.68. The molecule has 1 aromatic heterocycles. The normalized spacial score (nSPS) is 16.0. The monoisotopic (exact) mass is 533 g/mol. The van der Waals surface area contributed by atoms with Crippen LogP contribution in [0, 0.1) is 10.1 Å². The lowest BCUT2D eigenvalue weighted by Crippen LogP contribution is -2.50. The molecule has 1 fully saturated rings. The van der Waals surface area contributed by atoms with E-state index < -0.39 is 0 Å². The molecular weight excluding hydrogens is 494 g/mol. The Morgan fingerprint density at radius 3 is 2.05 bits per heavy atom. The number of nitrogens with zero attached hydrogens (tertiary/aromatic N) is 4. The standard InChI is InChI=1S/C30H39N5O4/c1-30(2,3)34-18-6-7-24(21-34)32-27-16-17-31-29(28(27)35(36)37)33(19-22-8-12-25(38-4)13-9-22)20-23-10-14-26(39-5)15-11-23/h8-17,24H,6-7,18-21H2,1-5H3,(H,31,32)/t24-/m1/s1. The summed E-state index contributed by atoms with van der Waals surface area (Å²) >= 11 is 0. The number of hydrogen-bond donors (Lipinski definition) is 1. The fourth-order valence-electron chi connectivity index (χ4n) is 5.00. The van der Waals surface area contributed by atoms with Crippen LogP contribution in [-0.2, 0) is 13.1 Å². The summed E-state index contributed by atoms with van der Waals surface area (Å²) in [5, 5.41) is 16.0. The van der Waals surface area contributed by atoms with Crippen LogP contribution in [-0.4, -0.2) is 53.7 Å². The largest absolute Gasteiger partial charge is 0.497 e. The number of aromatic nitrogens is 1. The first kappa shape index (κ1) is 28.2. The summed E-state index contributed by atoms with van der Waals surface area (Å²) in [6, 6.07) is 17.3. The summed E-state index contributed by atoms with van der Waals surface area (Å²) in [5.74, 6) is 1.85. The fraction of sp³-hybridized carbons (Fsp3) is 0.433. The van der Waals surface area contributed by atoms with Crippen LogP contribution in [0.4, 0.5) is 17.2 Å². The zero-order chi connectivity index (χ0) is 28.0. The molecule has 9 nitrogen and oxygen atoms in total. The van der Waals surface area contributed by atoms with E-state index in [0.29, 0.717) is 24.6 Å². The topological polar surface area (TPSA) is 93.0 Å². The first-order chi connectivity index (χ1) is 18.7. The smallest absolute Gasteiger partial charge is 0.334 e. The molecule has 0 unspecified atom stereocenters. The summed E-state index contributed by atoms with van der Waals surface area (Å²) in [4.78, 5) is 21.2. The quantitative estimate of drug-likeness (QED) is 0.255. The predicted molar refractivity (Wildman–Crippen MR) is 155 cm³/mol. The Hall–Kier alpha value is -3.85. The molecule has 39 heavy (non-hydrogen) atoms. The molecule has 1 N–H and O–H groups in total. The number of rotatable bonds is 10. The lowest BCUT2D eigenvalue weighted by Gasteiger charge is -2.42. The van der Waals surface area contributed by atoms with Crippen molar-refractivity contribution in [3.05, 3.63) is 82.0 Å². The number of benzene rings is 2. The summed E-state index contributed by atoms with van der Waals surface area (Å²) < 4.78 is 10.6. The van der Waals surface area contributed by atoms with Crippen LogP contribution in [0.25, 0.3) is 0 Å². The summed E-state index contributed by atoms with van der Waals surface area (Å²) in [5.41, 5.74) is 2.52. The average molecular weight is 534 g/mol. The van der Waals surface area contributed by atoms with Crippen molar-refractivity contribution in [2.75, 3.05) is 37.5 Å². The maximum absolute atomic E-state index is 12.5. The second kappa shape index (κ2) is 12.3. The van der Waals surface area contributed by atoms with E-state index in [0.717, 1.165) is 48.6 Å². The molecule has 1 atom stereocenters. The minimum absolute atomic E-state index is 0.00703. The van der Waals surface area contributed by atoms with E-state index in [2.05, 4.69) is 36.0 Å². The lowest BCUT2D eigenvalue weighted by atomic mass is 9.98. The summed E-state index contributed by atoms with van der Waals surface area (Å²) in [6.45, 7) is 9.36. The van der Waals surface area contributed by atoms with E-state index in [1.807, 2.05) is 53.4 Å². The van der Waals surface area contributed by atoms with Crippen molar-refractivity contribution in [2.24, 2.45) is 0 Å². The van der Waals surface area contributed by atoms with Crippen molar-refractivity contribution in [2.45, 2.75) is 58.3 Å². The van der Waals surface area contributed by atoms with Crippen LogP contribution in [0.15, 0.2) is 60.8 Å². The van der Waals surface area contributed by atoms with Gasteiger partial charge in [-0.15, -0.1) is 0 Å². The Kier molecular flexibility index (Phi) is 8.91. The molecule has 0 aliphatic carbocycles. The predicted octanol–water partition coefficient (Wildman–Crippen LogP) is 5.89. The molecule has 0 amide bonds. The first-order valence-electron chi connectivity index (χ1n) is 13.3. The SMILES string of the molecule is COc1ccc(CN(Cc2ccc(OC)cc2)c2nccc(N[C@@H]3CCCN(C(C)(C)C)C3)c2[N+](=O)[O-])cc1. The van der Waals surface area contributed by atoms with Gasteiger partial charge in [-0.3, -0.25) is 15.0 Å². The minimum Gasteiger partial charge on any atom is -0.497 e. The highest BCUT2D eigenvalue weighted by Gasteiger charge is 2.31. The van der Waals surface area contributed by atoms with Gasteiger partial charge in [0.15, 0.2) is 0 Å². The summed E-state index contributed by atoms with van der Waals surface area (Å²) in [6.07, 6.45) is 3.66. The Morgan fingerprint density at radius 2 is 1.56 bits per heavy atom. The number of methoxy groups -OCH3 is 2. The van der Waals surface area contributed by atoms with Gasteiger partial charge in [0.25, 0.3) is 0 Å². The van der Waals surface area contributed by atoms with Crippen LogP contribution in [0.1, 0.15) is 44.7 Å². The molecule has 2 aromatic carbocycles. The molecule has 0 radical (unpaired) electrons. The van der Waals surface area contributed by atoms with Crippen molar-refractivity contribution in [3.8, 4) is 11.5 Å². The van der Waals surface area contributed by atoms with Gasteiger partial charge in [-0.05, 0) is 81.6 Å². The second-order valence-corrected chi connectivity index (χ2v) is 10.9. The van der Waals surface area contributed by atoms with Gasteiger partial charge in [0.05, 0.1) is 19.1 Å². The van der Waals surface area contributed by atoms with Gasteiger partial charge in [0, 0.05) is 37.4 Å². The van der Waals surface area contributed by atoms with Crippen molar-refractivity contribution < 1.29 is 14.4 Å². The van der Waals surface area contributed by atoms with Crippen molar-refractivity contribution >= 4 is 17.2 Å². The zero-order valence-corrected chi connectivity index (χ0v) is 23.5. The maximum Gasteiger partial charge on any atom is 0.334 e. The van der Waals surface area contributed by atoms with Crippen LogP contribution in [0.3, 0.4) is 0 Å². The fourth-order valence-corrected chi connectivity index (χ4v) is 5.00. The summed E-state index contributed by atoms with van der Waals surface area (Å²) in [7, 11) is 3.26. The molecule has 0 spiro atoms. The van der Waals surface area contributed by atoms with Crippen LogP contribution in [0.5, 0.6) is 11.5 Å². The molecule has 9 heteroatoms. The van der Waals surface area contributed by atoms with Gasteiger partial charge < -0.3 is 19.7 Å². The Labute approximate surface area is 230 Å². The highest BCUT2D eigenvalue weighted by Crippen LogP contribution is 2.36. The zero-order valence-electron chi connectivity index (χ0n) is 23.5. The van der Waals surface area contributed by atoms with E-state index in [1.165, 1.54) is 0 Å². The van der Waals surface area contributed by atoms with Gasteiger partial charge in [-0.2, -0.15) is 0 Å². The number of hydrogen-bond acceptors (Lipinski definition) is 8. The van der Waals surface area contributed by atoms with E-state index >= 15 is 0 Å². The first-order valence-corrected chi connectivity index (χ1v) is 13.3. The lowest BCUT2D eigenvalue weighted by molar-refractivity contribution is -0.383. The Bertz CT molecular complexity index is 1190. The molecule has 3 aromatic rings. The third-order valence-corrected chi connectivity index (χ3v) is 7.18. The molecule has 0 saturated carbocycles. The van der Waals surface area contributed by atoms with Gasteiger partial charge in [-0.1, -0.05) is 24.3 Å². The molecule has 208 valence electrons. The molecule has 1 saturated heterocycles. The Morgan fingerprint density at radius 1 is 1.00 bits per heavy atom. The van der Waals surface area contributed by atoms with E-state index in [-0.39, 0.29) is 22.2 Å². The second-order valence-electron chi connectivity index (χ2n) is 10.9. The van der Waals surface area contributed by atoms with Gasteiger partial charge in [0.1, 0.15) is 17.2 Å². The van der Waals surface area contributed by atoms with Gasteiger partial charge in [-0.25, -0.2) is 4.98 Å².